The molecule has 0 aliphatic carbocycles. The quantitative estimate of drug-likeness (QED) is 0.842. The van der Waals surface area contributed by atoms with Crippen molar-refractivity contribution in [2.75, 3.05) is 6.61 Å². The van der Waals surface area contributed by atoms with Crippen LogP contribution in [0.5, 0.6) is 5.75 Å². The highest BCUT2D eigenvalue weighted by molar-refractivity contribution is 6.74. The molecule has 1 aromatic carbocycles. The zero-order valence-electron chi connectivity index (χ0n) is 16.2. The molecule has 0 radical (unpaired) electrons. The molecular formula is C19H30N2O3Si. The normalized spacial score (nSPS) is 19.6. The Morgan fingerprint density at radius 3 is 2.80 bits per heavy atom. The van der Waals surface area contributed by atoms with Gasteiger partial charge in [0.15, 0.2) is 8.32 Å². The first kappa shape index (κ1) is 18.4. The van der Waals surface area contributed by atoms with Crippen molar-refractivity contribution in [2.24, 2.45) is 0 Å². The minimum Gasteiger partial charge on any atom is -0.491 e. The highest BCUT2D eigenvalue weighted by Crippen LogP contribution is 2.38. The van der Waals surface area contributed by atoms with Crippen LogP contribution in [0.4, 0.5) is 0 Å². The molecule has 0 unspecified atom stereocenters. The van der Waals surface area contributed by atoms with Crippen LogP contribution in [-0.2, 0) is 17.4 Å². The Morgan fingerprint density at radius 2 is 2.12 bits per heavy atom. The molecule has 138 valence electrons. The van der Waals surface area contributed by atoms with Gasteiger partial charge >= 0.3 is 0 Å². The third kappa shape index (κ3) is 3.61. The summed E-state index contributed by atoms with van der Waals surface area (Å²) in [6.07, 6.45) is 2.11. The van der Waals surface area contributed by atoms with Gasteiger partial charge in [-0.2, -0.15) is 5.10 Å². The largest absolute Gasteiger partial charge is 0.491 e. The van der Waals surface area contributed by atoms with Crippen LogP contribution in [0.15, 0.2) is 18.3 Å². The first-order valence-electron chi connectivity index (χ1n) is 9.04. The maximum atomic E-state index is 9.99. The van der Waals surface area contributed by atoms with E-state index in [1.165, 1.54) is 0 Å². The van der Waals surface area contributed by atoms with Gasteiger partial charge in [0, 0.05) is 17.4 Å². The van der Waals surface area contributed by atoms with Crippen LogP contribution >= 0.6 is 0 Å². The van der Waals surface area contributed by atoms with E-state index in [1.54, 1.807) is 0 Å². The number of hydrogen-bond acceptors (Lipinski definition) is 4. The zero-order chi connectivity index (χ0) is 18.4. The van der Waals surface area contributed by atoms with Gasteiger partial charge < -0.3 is 14.3 Å². The van der Waals surface area contributed by atoms with E-state index in [-0.39, 0.29) is 11.1 Å². The molecule has 2 heterocycles. The molecule has 0 saturated carbocycles. The van der Waals surface area contributed by atoms with Gasteiger partial charge in [-0.05, 0) is 37.2 Å². The van der Waals surface area contributed by atoms with Crippen LogP contribution in [0.25, 0.3) is 10.9 Å². The molecule has 0 bridgehead atoms. The van der Waals surface area contributed by atoms with E-state index in [2.05, 4.69) is 45.9 Å². The number of aromatic nitrogens is 2. The predicted octanol–water partition coefficient (Wildman–Crippen LogP) is 3.74. The third-order valence-corrected chi connectivity index (χ3v) is 10.1. The number of rotatable bonds is 4. The number of fused-ring (bicyclic) bond motifs is 3. The highest BCUT2D eigenvalue weighted by atomic mass is 28.4. The molecule has 1 N–H and O–H groups in total. The van der Waals surface area contributed by atoms with Gasteiger partial charge in [0.05, 0.1) is 30.5 Å². The third-order valence-electron chi connectivity index (χ3n) is 5.47. The molecule has 1 aromatic heterocycles. The molecule has 2 atom stereocenters. The van der Waals surface area contributed by atoms with E-state index in [0.717, 1.165) is 22.2 Å². The molecule has 25 heavy (non-hydrogen) atoms. The Labute approximate surface area is 151 Å². The fourth-order valence-electron chi connectivity index (χ4n) is 3.15. The van der Waals surface area contributed by atoms with Crippen molar-refractivity contribution in [2.45, 2.75) is 71.0 Å². The monoisotopic (exact) mass is 362 g/mol. The average molecular weight is 363 g/mol. The topological polar surface area (TPSA) is 56.5 Å². The van der Waals surface area contributed by atoms with Gasteiger partial charge in [-0.15, -0.1) is 0 Å². The second kappa shape index (κ2) is 6.41. The number of ether oxygens (including phenoxy) is 1. The summed E-state index contributed by atoms with van der Waals surface area (Å²) in [6.45, 7) is 14.5. The van der Waals surface area contributed by atoms with Gasteiger partial charge in [-0.1, -0.05) is 20.8 Å². The summed E-state index contributed by atoms with van der Waals surface area (Å²) in [5.74, 6) is 0.859. The molecule has 5 nitrogen and oxygen atoms in total. The van der Waals surface area contributed by atoms with Crippen LogP contribution < -0.4 is 4.74 Å². The Morgan fingerprint density at radius 1 is 1.40 bits per heavy atom. The lowest BCUT2D eigenvalue weighted by atomic mass is 10.0. The SMILES string of the molecule is C[C@H](Cn1ncc2ccc3c(c21)C[C@@H](O)CO3)O[Si](C)(C)C(C)(C)C. The average Bonchev–Trinajstić information content (AvgIpc) is 2.88. The van der Waals surface area contributed by atoms with Gasteiger partial charge in [0.25, 0.3) is 0 Å². The number of aliphatic hydroxyl groups is 1. The Kier molecular flexibility index (Phi) is 4.72. The fourth-order valence-corrected chi connectivity index (χ4v) is 4.58. The summed E-state index contributed by atoms with van der Waals surface area (Å²) in [5, 5.41) is 15.8. The maximum Gasteiger partial charge on any atom is 0.192 e. The van der Waals surface area contributed by atoms with Gasteiger partial charge in [-0.3, -0.25) is 4.68 Å². The van der Waals surface area contributed by atoms with Crippen LogP contribution in [0.2, 0.25) is 18.1 Å². The van der Waals surface area contributed by atoms with Gasteiger partial charge in [0.1, 0.15) is 12.4 Å². The zero-order valence-corrected chi connectivity index (χ0v) is 17.2. The molecule has 3 rings (SSSR count). The van der Waals surface area contributed by atoms with Crippen molar-refractivity contribution in [1.82, 2.24) is 9.78 Å². The van der Waals surface area contributed by atoms with Crippen molar-refractivity contribution in [3.8, 4) is 5.75 Å². The van der Waals surface area contributed by atoms with E-state index in [1.807, 2.05) is 23.0 Å². The van der Waals surface area contributed by atoms with Crippen molar-refractivity contribution in [1.29, 1.82) is 0 Å². The second-order valence-electron chi connectivity index (χ2n) is 8.66. The molecule has 2 aromatic rings. The summed E-state index contributed by atoms with van der Waals surface area (Å²) < 4.78 is 14.2. The molecule has 0 saturated heterocycles. The van der Waals surface area contributed by atoms with E-state index < -0.39 is 14.4 Å². The summed E-state index contributed by atoms with van der Waals surface area (Å²) in [5.41, 5.74) is 2.11. The standard InChI is InChI=1S/C19H30N2O3Si/c1-13(24-25(5,6)19(2,3)4)11-21-18-14(10-20-21)7-8-17-16(18)9-15(22)12-23-17/h7-8,10,13,15,22H,9,11-12H2,1-6H3/t13-,15-/m1/s1. The van der Waals surface area contributed by atoms with E-state index in [9.17, 15) is 5.11 Å². The Balaban J connectivity index is 1.87. The maximum absolute atomic E-state index is 9.99. The van der Waals surface area contributed by atoms with Crippen molar-refractivity contribution in [3.05, 3.63) is 23.9 Å². The van der Waals surface area contributed by atoms with Crippen LogP contribution in [0.3, 0.4) is 0 Å². The summed E-state index contributed by atoms with van der Waals surface area (Å²) in [7, 11) is -1.81. The molecule has 0 spiro atoms. The summed E-state index contributed by atoms with van der Waals surface area (Å²) in [4.78, 5) is 0. The minimum atomic E-state index is -1.81. The van der Waals surface area contributed by atoms with Crippen molar-refractivity contribution >= 4 is 19.2 Å². The molecule has 6 heteroatoms. The molecule has 1 aliphatic rings. The number of aliphatic hydroxyl groups excluding tert-OH is 1. The molecule has 0 amide bonds. The van der Waals surface area contributed by atoms with Crippen LogP contribution in [0.1, 0.15) is 33.3 Å². The van der Waals surface area contributed by atoms with Crippen LogP contribution in [0, 0.1) is 0 Å². The first-order chi connectivity index (χ1) is 11.6. The number of hydrogen-bond donors (Lipinski definition) is 1. The lowest BCUT2D eigenvalue weighted by Crippen LogP contribution is -2.44. The Bertz CT molecular complexity index is 764. The second-order valence-corrected chi connectivity index (χ2v) is 13.4. The predicted molar refractivity (Wildman–Crippen MR) is 103 cm³/mol. The molecular weight excluding hydrogens is 332 g/mol. The van der Waals surface area contributed by atoms with Crippen molar-refractivity contribution in [3.63, 3.8) is 0 Å². The van der Waals surface area contributed by atoms with Gasteiger partial charge in [-0.25, -0.2) is 0 Å². The van der Waals surface area contributed by atoms with Crippen molar-refractivity contribution < 1.29 is 14.3 Å². The fraction of sp³-hybridized carbons (Fsp3) is 0.632. The lowest BCUT2D eigenvalue weighted by molar-refractivity contribution is 0.0925. The summed E-state index contributed by atoms with van der Waals surface area (Å²) in [6, 6.07) is 4.01. The Hall–Kier alpha value is -1.37. The first-order valence-corrected chi connectivity index (χ1v) is 12.0. The van der Waals surface area contributed by atoms with Crippen LogP contribution in [-0.4, -0.2) is 42.0 Å². The number of nitrogens with zero attached hydrogens (tertiary/aromatic N) is 2. The van der Waals surface area contributed by atoms with Gasteiger partial charge in [0.2, 0.25) is 0 Å². The molecule has 0 fully saturated rings. The minimum absolute atomic E-state index is 0.0780. The lowest BCUT2D eigenvalue weighted by Gasteiger charge is -2.38. The highest BCUT2D eigenvalue weighted by Gasteiger charge is 2.38. The molecule has 1 aliphatic heterocycles. The number of benzene rings is 1. The summed E-state index contributed by atoms with van der Waals surface area (Å²) >= 11 is 0. The van der Waals surface area contributed by atoms with E-state index in [4.69, 9.17) is 9.16 Å². The smallest absolute Gasteiger partial charge is 0.192 e. The van der Waals surface area contributed by atoms with E-state index >= 15 is 0 Å². The van der Waals surface area contributed by atoms with E-state index in [0.29, 0.717) is 19.6 Å².